The van der Waals surface area contributed by atoms with E-state index < -0.39 is 18.3 Å². The molecule has 0 N–H and O–H groups in total. The molecule has 1 aliphatic rings. The zero-order chi connectivity index (χ0) is 13.7. The first-order chi connectivity index (χ1) is 9.24. The highest BCUT2D eigenvalue weighted by Gasteiger charge is 2.37. The summed E-state index contributed by atoms with van der Waals surface area (Å²) in [5.41, 5.74) is 0.480. The fourth-order valence-corrected chi connectivity index (χ4v) is 1.96. The van der Waals surface area contributed by atoms with E-state index in [0.29, 0.717) is 12.0 Å². The van der Waals surface area contributed by atoms with Crippen molar-refractivity contribution in [2.24, 2.45) is 5.18 Å². The normalized spacial score (nSPS) is 26.1. The minimum atomic E-state index is -0.655. The molecule has 6 heteroatoms. The summed E-state index contributed by atoms with van der Waals surface area (Å²) in [5.74, 6) is -0.416. The Morgan fingerprint density at radius 2 is 2.16 bits per heavy atom. The maximum atomic E-state index is 11.7. The first kappa shape index (κ1) is 13.6. The van der Waals surface area contributed by atoms with E-state index in [0.717, 1.165) is 0 Å². The first-order valence-electron chi connectivity index (χ1n) is 5.97. The molecule has 0 spiro atoms. The van der Waals surface area contributed by atoms with Gasteiger partial charge in [-0.15, -0.1) is 0 Å². The summed E-state index contributed by atoms with van der Waals surface area (Å²) in [6, 6.07) is 8.13. The summed E-state index contributed by atoms with van der Waals surface area (Å²) >= 11 is 0. The molecule has 1 saturated heterocycles. The molecule has 1 heterocycles. The second-order valence-electron chi connectivity index (χ2n) is 4.24. The van der Waals surface area contributed by atoms with E-state index in [1.54, 1.807) is 24.3 Å². The Labute approximate surface area is 110 Å². The summed E-state index contributed by atoms with van der Waals surface area (Å²) in [5, 5.41) is 2.93. The predicted octanol–water partition coefficient (Wildman–Crippen LogP) is 1.74. The quantitative estimate of drug-likeness (QED) is 0.599. The summed E-state index contributed by atoms with van der Waals surface area (Å²) in [6.07, 6.45) is -0.623. The first-order valence-corrected chi connectivity index (χ1v) is 5.97. The number of nitrogens with zero attached hydrogens (tertiary/aromatic N) is 1. The van der Waals surface area contributed by atoms with Crippen LogP contribution in [0.1, 0.15) is 16.8 Å². The molecule has 0 unspecified atom stereocenters. The monoisotopic (exact) mass is 265 g/mol. The van der Waals surface area contributed by atoms with Crippen molar-refractivity contribution in [3.8, 4) is 0 Å². The van der Waals surface area contributed by atoms with Gasteiger partial charge in [-0.2, -0.15) is 4.91 Å². The predicted molar refractivity (Wildman–Crippen MR) is 66.6 cm³/mol. The van der Waals surface area contributed by atoms with Gasteiger partial charge >= 0.3 is 5.97 Å². The average Bonchev–Trinajstić information content (AvgIpc) is 2.88. The number of ether oxygens (including phenoxy) is 3. The Balaban J connectivity index is 1.84. The average molecular weight is 265 g/mol. The van der Waals surface area contributed by atoms with Gasteiger partial charge in [0, 0.05) is 13.5 Å². The third-order valence-electron chi connectivity index (χ3n) is 2.92. The van der Waals surface area contributed by atoms with E-state index in [1.165, 1.54) is 7.11 Å². The Hall–Kier alpha value is -1.79. The van der Waals surface area contributed by atoms with Gasteiger partial charge < -0.3 is 14.2 Å². The van der Waals surface area contributed by atoms with E-state index in [4.69, 9.17) is 14.2 Å². The lowest BCUT2D eigenvalue weighted by Gasteiger charge is -2.12. The Bertz CT molecular complexity index is 436. The molecule has 0 amide bonds. The maximum Gasteiger partial charge on any atom is 0.338 e. The lowest BCUT2D eigenvalue weighted by molar-refractivity contribution is -0.128. The number of methoxy groups -OCH3 is 1. The van der Waals surface area contributed by atoms with Crippen molar-refractivity contribution in [2.45, 2.75) is 24.9 Å². The molecular formula is C13H15NO5. The van der Waals surface area contributed by atoms with Gasteiger partial charge in [0.1, 0.15) is 12.6 Å². The van der Waals surface area contributed by atoms with Crippen molar-refractivity contribution < 1.29 is 19.0 Å². The van der Waals surface area contributed by atoms with Crippen LogP contribution in [0.5, 0.6) is 0 Å². The Morgan fingerprint density at radius 3 is 2.74 bits per heavy atom. The molecule has 0 aromatic heterocycles. The van der Waals surface area contributed by atoms with Gasteiger partial charge in [-0.1, -0.05) is 23.4 Å². The highest BCUT2D eigenvalue weighted by Crippen LogP contribution is 2.24. The summed E-state index contributed by atoms with van der Waals surface area (Å²) in [6.45, 7) is 0.0829. The zero-order valence-corrected chi connectivity index (χ0v) is 10.5. The van der Waals surface area contributed by atoms with Gasteiger partial charge in [0.25, 0.3) is 0 Å². The molecule has 1 aromatic rings. The van der Waals surface area contributed by atoms with Crippen LogP contribution >= 0.6 is 0 Å². The molecule has 1 aromatic carbocycles. The molecule has 102 valence electrons. The molecule has 3 atom stereocenters. The molecule has 6 nitrogen and oxygen atoms in total. The number of esters is 1. The van der Waals surface area contributed by atoms with Crippen LogP contribution in [0.25, 0.3) is 0 Å². The highest BCUT2D eigenvalue weighted by molar-refractivity contribution is 5.89. The van der Waals surface area contributed by atoms with Crippen molar-refractivity contribution in [3.63, 3.8) is 0 Å². The number of hydrogen-bond donors (Lipinski definition) is 0. The molecule has 1 fully saturated rings. The standard InChI is InChI=1S/C13H15NO5/c1-17-13-11(14-16)7-10(19-13)8-18-12(15)9-5-3-2-4-6-9/h2-6,10-11,13H,7-8H2,1H3/t10-,11-,13+/m0/s1. The second kappa shape index (κ2) is 6.40. The number of hydrogen-bond acceptors (Lipinski definition) is 6. The topological polar surface area (TPSA) is 74.2 Å². The van der Waals surface area contributed by atoms with Crippen LogP contribution in [-0.2, 0) is 14.2 Å². The molecule has 2 rings (SSSR count). The second-order valence-corrected chi connectivity index (χ2v) is 4.24. The van der Waals surface area contributed by atoms with E-state index in [1.807, 2.05) is 6.07 Å². The highest BCUT2D eigenvalue weighted by atomic mass is 16.7. The van der Waals surface area contributed by atoms with Crippen molar-refractivity contribution in [3.05, 3.63) is 40.8 Å². The van der Waals surface area contributed by atoms with Gasteiger partial charge in [0.15, 0.2) is 6.29 Å². The SMILES string of the molecule is CO[C@@H]1O[C@H](COC(=O)c2ccccc2)C[C@@H]1N=O. The fraction of sp³-hybridized carbons (Fsp3) is 0.462. The molecular weight excluding hydrogens is 250 g/mol. The molecule has 0 radical (unpaired) electrons. The number of carbonyl (C=O) groups excluding carboxylic acids is 1. The van der Waals surface area contributed by atoms with Crippen molar-refractivity contribution in [1.82, 2.24) is 0 Å². The van der Waals surface area contributed by atoms with Crippen LogP contribution in [0.4, 0.5) is 0 Å². The summed E-state index contributed by atoms with van der Waals surface area (Å²) in [7, 11) is 1.45. The van der Waals surface area contributed by atoms with Gasteiger partial charge in [0.05, 0.1) is 11.7 Å². The third kappa shape index (κ3) is 3.36. The maximum absolute atomic E-state index is 11.7. The largest absolute Gasteiger partial charge is 0.459 e. The molecule has 0 bridgehead atoms. The van der Waals surface area contributed by atoms with Crippen LogP contribution in [0.3, 0.4) is 0 Å². The van der Waals surface area contributed by atoms with E-state index in [2.05, 4.69) is 5.18 Å². The van der Waals surface area contributed by atoms with Crippen LogP contribution < -0.4 is 0 Å². The van der Waals surface area contributed by atoms with Crippen LogP contribution in [-0.4, -0.2) is 38.1 Å². The third-order valence-corrected chi connectivity index (χ3v) is 2.92. The van der Waals surface area contributed by atoms with Crippen LogP contribution in [0, 0.1) is 4.91 Å². The van der Waals surface area contributed by atoms with Gasteiger partial charge in [-0.05, 0) is 12.1 Å². The minimum absolute atomic E-state index is 0.0829. The van der Waals surface area contributed by atoms with E-state index in [-0.39, 0.29) is 12.7 Å². The van der Waals surface area contributed by atoms with Gasteiger partial charge in [-0.25, -0.2) is 4.79 Å². The van der Waals surface area contributed by atoms with Crippen molar-refractivity contribution in [2.75, 3.05) is 13.7 Å². The minimum Gasteiger partial charge on any atom is -0.459 e. The summed E-state index contributed by atoms with van der Waals surface area (Å²) in [4.78, 5) is 22.3. The smallest absolute Gasteiger partial charge is 0.338 e. The van der Waals surface area contributed by atoms with Crippen molar-refractivity contribution >= 4 is 5.97 Å². The molecule has 19 heavy (non-hydrogen) atoms. The number of rotatable bonds is 5. The molecule has 0 saturated carbocycles. The molecule has 0 aliphatic carbocycles. The van der Waals surface area contributed by atoms with Crippen molar-refractivity contribution in [1.29, 1.82) is 0 Å². The summed E-state index contributed by atoms with van der Waals surface area (Å²) < 4.78 is 15.5. The van der Waals surface area contributed by atoms with Crippen LogP contribution in [0.15, 0.2) is 35.5 Å². The van der Waals surface area contributed by atoms with E-state index in [9.17, 15) is 9.70 Å². The lowest BCUT2D eigenvalue weighted by Crippen LogP contribution is -2.22. The van der Waals surface area contributed by atoms with Gasteiger partial charge in [-0.3, -0.25) is 0 Å². The lowest BCUT2D eigenvalue weighted by atomic mass is 10.2. The zero-order valence-electron chi connectivity index (χ0n) is 10.5. The Kier molecular flexibility index (Phi) is 4.59. The number of carbonyl (C=O) groups is 1. The Morgan fingerprint density at radius 1 is 1.42 bits per heavy atom. The fourth-order valence-electron chi connectivity index (χ4n) is 1.96. The number of nitroso groups, excluding NO2 is 1. The van der Waals surface area contributed by atoms with E-state index >= 15 is 0 Å². The van der Waals surface area contributed by atoms with Crippen LogP contribution in [0.2, 0.25) is 0 Å². The number of benzene rings is 1. The van der Waals surface area contributed by atoms with Gasteiger partial charge in [0.2, 0.25) is 0 Å². The molecule has 1 aliphatic heterocycles.